The number of fused-ring (bicyclic) bond motifs is 1. The van der Waals surface area contributed by atoms with Crippen LogP contribution >= 0.6 is 11.8 Å². The first-order valence-electron chi connectivity index (χ1n) is 9.77. The second kappa shape index (κ2) is 9.43. The van der Waals surface area contributed by atoms with Crippen molar-refractivity contribution >= 4 is 34.5 Å². The fourth-order valence-electron chi connectivity index (χ4n) is 3.49. The van der Waals surface area contributed by atoms with Gasteiger partial charge in [0.25, 0.3) is 5.91 Å². The molecule has 9 heteroatoms. The molecule has 3 heterocycles. The molecule has 2 amide bonds. The van der Waals surface area contributed by atoms with Crippen molar-refractivity contribution in [3.8, 4) is 6.07 Å². The fourth-order valence-corrected chi connectivity index (χ4v) is 4.59. The molecule has 156 valence electrons. The Morgan fingerprint density at radius 2 is 2.30 bits per heavy atom. The fraction of sp³-hybridized carbons (Fsp3) is 0.429. The summed E-state index contributed by atoms with van der Waals surface area (Å²) in [5.74, 6) is 0.466. The zero-order valence-corrected chi connectivity index (χ0v) is 17.2. The molecule has 8 nitrogen and oxygen atoms in total. The normalized spacial score (nSPS) is 21.0. The number of aromatic nitrogens is 1. The minimum atomic E-state index is -0.436. The van der Waals surface area contributed by atoms with Crippen LogP contribution in [0.5, 0.6) is 0 Å². The van der Waals surface area contributed by atoms with Gasteiger partial charge in [0.05, 0.1) is 48.9 Å². The molecule has 1 unspecified atom stereocenters. The van der Waals surface area contributed by atoms with Crippen LogP contribution in [0.2, 0.25) is 0 Å². The lowest BCUT2D eigenvalue weighted by Crippen LogP contribution is -2.42. The van der Waals surface area contributed by atoms with Gasteiger partial charge in [-0.2, -0.15) is 5.26 Å². The van der Waals surface area contributed by atoms with Crippen molar-refractivity contribution in [3.05, 3.63) is 41.6 Å². The van der Waals surface area contributed by atoms with Crippen molar-refractivity contribution in [1.29, 1.82) is 5.26 Å². The van der Waals surface area contributed by atoms with E-state index in [2.05, 4.69) is 16.4 Å². The van der Waals surface area contributed by atoms with Crippen LogP contribution < -0.4 is 5.32 Å². The molecule has 1 aromatic carbocycles. The van der Waals surface area contributed by atoms with Crippen LogP contribution in [0.15, 0.2) is 30.5 Å². The van der Waals surface area contributed by atoms with Gasteiger partial charge in [-0.25, -0.2) is 0 Å². The van der Waals surface area contributed by atoms with Gasteiger partial charge in [-0.1, -0.05) is 6.07 Å². The molecule has 2 aliphatic heterocycles. The number of ether oxygens (including phenoxy) is 2. The number of carbonyl (C=O) groups is 2. The Labute approximate surface area is 178 Å². The predicted molar refractivity (Wildman–Crippen MR) is 112 cm³/mol. The minimum Gasteiger partial charge on any atom is -0.379 e. The molecule has 1 aromatic heterocycles. The van der Waals surface area contributed by atoms with Gasteiger partial charge in [0.15, 0.2) is 0 Å². The number of hydrogen-bond donors (Lipinski definition) is 1. The summed E-state index contributed by atoms with van der Waals surface area (Å²) in [5, 5.41) is 12.5. The number of carbonyl (C=O) groups excluding carboxylic acids is 2. The van der Waals surface area contributed by atoms with E-state index in [1.54, 1.807) is 12.3 Å². The van der Waals surface area contributed by atoms with E-state index < -0.39 is 6.04 Å². The largest absolute Gasteiger partial charge is 0.379 e. The third-order valence-electron chi connectivity index (χ3n) is 5.18. The monoisotopic (exact) mass is 426 g/mol. The lowest BCUT2D eigenvalue weighted by molar-refractivity contribution is -0.129. The molecule has 0 bridgehead atoms. The van der Waals surface area contributed by atoms with Gasteiger partial charge >= 0.3 is 0 Å². The van der Waals surface area contributed by atoms with Crippen molar-refractivity contribution in [3.63, 3.8) is 0 Å². The quantitative estimate of drug-likeness (QED) is 0.749. The Bertz CT molecular complexity index is 987. The Hall–Kier alpha value is -2.67. The Morgan fingerprint density at radius 1 is 1.40 bits per heavy atom. The first-order chi connectivity index (χ1) is 14.7. The van der Waals surface area contributed by atoms with E-state index in [1.165, 1.54) is 16.7 Å². The van der Waals surface area contributed by atoms with Crippen LogP contribution in [0, 0.1) is 11.3 Å². The number of thioether (sulfide) groups is 1. The van der Waals surface area contributed by atoms with E-state index in [0.29, 0.717) is 41.3 Å². The molecule has 2 aliphatic rings. The van der Waals surface area contributed by atoms with Gasteiger partial charge in [-0.05, 0) is 30.2 Å². The van der Waals surface area contributed by atoms with Crippen LogP contribution in [0.3, 0.4) is 0 Å². The molecule has 4 rings (SSSR count). The number of pyridine rings is 1. The summed E-state index contributed by atoms with van der Waals surface area (Å²) in [6.07, 6.45) is 2.57. The minimum absolute atomic E-state index is 0.101. The van der Waals surface area contributed by atoms with Crippen LogP contribution in [0.1, 0.15) is 22.3 Å². The molecule has 2 aromatic rings. The van der Waals surface area contributed by atoms with Gasteiger partial charge in [-0.15, -0.1) is 11.8 Å². The number of benzene rings is 1. The molecule has 0 radical (unpaired) electrons. The highest BCUT2D eigenvalue weighted by Crippen LogP contribution is 2.21. The zero-order valence-electron chi connectivity index (χ0n) is 16.4. The van der Waals surface area contributed by atoms with Crippen LogP contribution in [0.25, 0.3) is 10.9 Å². The van der Waals surface area contributed by atoms with Gasteiger partial charge in [-0.3, -0.25) is 14.6 Å². The van der Waals surface area contributed by atoms with Crippen molar-refractivity contribution < 1.29 is 19.1 Å². The number of amides is 2. The maximum atomic E-state index is 12.8. The van der Waals surface area contributed by atoms with E-state index in [0.717, 1.165) is 18.6 Å². The second-order valence-electron chi connectivity index (χ2n) is 7.20. The summed E-state index contributed by atoms with van der Waals surface area (Å²) in [6.45, 7) is 1.62. The van der Waals surface area contributed by atoms with Gasteiger partial charge in [0.1, 0.15) is 6.04 Å². The second-order valence-corrected chi connectivity index (χ2v) is 8.20. The maximum Gasteiger partial charge on any atom is 0.252 e. The molecule has 1 N–H and O–H groups in total. The Morgan fingerprint density at radius 3 is 3.10 bits per heavy atom. The summed E-state index contributed by atoms with van der Waals surface area (Å²) in [6, 6.07) is 9.02. The topological polar surface area (TPSA) is 105 Å². The standard InChI is InChI=1S/C21H22N4O4S/c22-8-15-12-30-13-25(15)20(26)9-24-21(27)17-3-5-23-19-2-1-14(7-18(17)19)10-29-16-4-6-28-11-16/h1-3,5,7,15-16H,4,6,9-13H2,(H,24,27)/t15-,16?/m1/s1. The molecule has 2 saturated heterocycles. The van der Waals surface area contributed by atoms with Gasteiger partial charge in [0.2, 0.25) is 5.91 Å². The number of hydrogen-bond acceptors (Lipinski definition) is 7. The predicted octanol–water partition coefficient (Wildman–Crippen LogP) is 1.70. The SMILES string of the molecule is N#C[C@@H]1CSCN1C(=O)CNC(=O)c1ccnc2ccc(COC3CCOC3)cc12. The Balaban J connectivity index is 1.44. The third-order valence-corrected chi connectivity index (χ3v) is 6.19. The highest BCUT2D eigenvalue weighted by molar-refractivity contribution is 7.99. The maximum absolute atomic E-state index is 12.8. The molecule has 2 atom stereocenters. The smallest absolute Gasteiger partial charge is 0.252 e. The molecule has 0 aliphatic carbocycles. The molecule has 2 fully saturated rings. The van der Waals surface area contributed by atoms with Crippen molar-refractivity contribution in [2.45, 2.75) is 25.2 Å². The van der Waals surface area contributed by atoms with E-state index in [4.69, 9.17) is 14.7 Å². The molecule has 0 spiro atoms. The van der Waals surface area contributed by atoms with E-state index >= 15 is 0 Å². The average molecular weight is 426 g/mol. The van der Waals surface area contributed by atoms with Crippen molar-refractivity contribution in [2.24, 2.45) is 0 Å². The zero-order chi connectivity index (χ0) is 20.9. The summed E-state index contributed by atoms with van der Waals surface area (Å²) in [7, 11) is 0. The summed E-state index contributed by atoms with van der Waals surface area (Å²) >= 11 is 1.53. The highest BCUT2D eigenvalue weighted by atomic mass is 32.2. The number of nitrogens with one attached hydrogen (secondary N) is 1. The number of nitrogens with zero attached hydrogens (tertiary/aromatic N) is 3. The lowest BCUT2D eigenvalue weighted by Gasteiger charge is -2.18. The first kappa shape index (κ1) is 20.6. The third kappa shape index (κ3) is 4.56. The lowest BCUT2D eigenvalue weighted by atomic mass is 10.1. The van der Waals surface area contributed by atoms with E-state index in [9.17, 15) is 9.59 Å². The van der Waals surface area contributed by atoms with E-state index in [1.807, 2.05) is 18.2 Å². The molecular weight excluding hydrogens is 404 g/mol. The number of rotatable bonds is 6. The van der Waals surface area contributed by atoms with Gasteiger partial charge < -0.3 is 19.7 Å². The molecular formula is C21H22N4O4S. The van der Waals surface area contributed by atoms with Crippen molar-refractivity contribution in [2.75, 3.05) is 31.4 Å². The average Bonchev–Trinajstić information content (AvgIpc) is 3.47. The summed E-state index contributed by atoms with van der Waals surface area (Å²) < 4.78 is 11.2. The highest BCUT2D eigenvalue weighted by Gasteiger charge is 2.29. The Kier molecular flexibility index (Phi) is 6.47. The number of nitriles is 1. The van der Waals surface area contributed by atoms with Crippen molar-refractivity contribution in [1.82, 2.24) is 15.2 Å². The summed E-state index contributed by atoms with van der Waals surface area (Å²) in [4.78, 5) is 31.0. The molecule has 30 heavy (non-hydrogen) atoms. The first-order valence-corrected chi connectivity index (χ1v) is 10.9. The van der Waals surface area contributed by atoms with Crippen LogP contribution in [0.4, 0.5) is 0 Å². The van der Waals surface area contributed by atoms with Crippen LogP contribution in [-0.4, -0.2) is 65.2 Å². The molecule has 0 saturated carbocycles. The van der Waals surface area contributed by atoms with Gasteiger partial charge in [0, 0.05) is 23.9 Å². The van der Waals surface area contributed by atoms with Crippen LogP contribution in [-0.2, 0) is 20.9 Å². The summed E-state index contributed by atoms with van der Waals surface area (Å²) in [5.41, 5.74) is 2.09. The van der Waals surface area contributed by atoms with E-state index in [-0.39, 0.29) is 24.5 Å².